The summed E-state index contributed by atoms with van der Waals surface area (Å²) >= 11 is 0. The van der Waals surface area contributed by atoms with Crippen LogP contribution in [-0.2, 0) is 4.74 Å². The van der Waals surface area contributed by atoms with Gasteiger partial charge in [-0.2, -0.15) is 15.0 Å². The molecule has 2 bridgehead atoms. The number of fused-ring (bicyclic) bond motifs is 2. The van der Waals surface area contributed by atoms with Gasteiger partial charge in [0.1, 0.15) is 0 Å². The Morgan fingerprint density at radius 1 is 1.24 bits per heavy atom. The molecule has 0 aliphatic carbocycles. The fourth-order valence-corrected chi connectivity index (χ4v) is 2.77. The Labute approximate surface area is 125 Å². The summed E-state index contributed by atoms with van der Waals surface area (Å²) in [6, 6.07) is 0.379. The van der Waals surface area contributed by atoms with Gasteiger partial charge < -0.3 is 19.7 Å². The van der Waals surface area contributed by atoms with Crippen molar-refractivity contribution in [3.8, 4) is 6.01 Å². The number of aromatic nitrogens is 3. The maximum atomic E-state index is 5.86. The molecule has 0 saturated carbocycles. The largest absolute Gasteiger partial charge is 0.461 e. The van der Waals surface area contributed by atoms with E-state index in [9.17, 15) is 0 Å². The number of hydrogen-bond acceptors (Lipinski definition) is 7. The van der Waals surface area contributed by atoms with Gasteiger partial charge in [0.05, 0.1) is 18.3 Å². The second kappa shape index (κ2) is 6.01. The zero-order chi connectivity index (χ0) is 14.8. The molecule has 1 N–H and O–H groups in total. The van der Waals surface area contributed by atoms with E-state index in [-0.39, 0.29) is 6.10 Å². The van der Waals surface area contributed by atoms with Gasteiger partial charge in [0.2, 0.25) is 11.9 Å². The third-order valence-electron chi connectivity index (χ3n) is 3.61. The Hall–Kier alpha value is -1.63. The zero-order valence-corrected chi connectivity index (χ0v) is 12.9. The lowest BCUT2D eigenvalue weighted by molar-refractivity contribution is 0.0298. The van der Waals surface area contributed by atoms with Crippen molar-refractivity contribution in [2.75, 3.05) is 29.9 Å². The average Bonchev–Trinajstić information content (AvgIpc) is 2.77. The van der Waals surface area contributed by atoms with Crippen LogP contribution in [0.3, 0.4) is 0 Å². The monoisotopic (exact) mass is 293 g/mol. The predicted molar refractivity (Wildman–Crippen MR) is 79.9 cm³/mol. The molecule has 7 heteroatoms. The first-order chi connectivity index (χ1) is 10.1. The molecule has 2 saturated heterocycles. The molecule has 21 heavy (non-hydrogen) atoms. The van der Waals surface area contributed by atoms with Gasteiger partial charge in [-0.15, -0.1) is 0 Å². The number of rotatable bonds is 5. The number of hydrogen-bond donors (Lipinski definition) is 1. The van der Waals surface area contributed by atoms with Gasteiger partial charge in [-0.3, -0.25) is 0 Å². The van der Waals surface area contributed by atoms with Crippen LogP contribution < -0.4 is 15.0 Å². The van der Waals surface area contributed by atoms with Crippen molar-refractivity contribution in [1.82, 2.24) is 15.0 Å². The summed E-state index contributed by atoms with van der Waals surface area (Å²) in [7, 11) is 0. The summed E-state index contributed by atoms with van der Waals surface area (Å²) < 4.78 is 11.5. The molecule has 116 valence electrons. The van der Waals surface area contributed by atoms with E-state index in [4.69, 9.17) is 9.47 Å². The van der Waals surface area contributed by atoms with Gasteiger partial charge >= 0.3 is 6.01 Å². The van der Waals surface area contributed by atoms with Crippen LogP contribution in [-0.4, -0.2) is 52.9 Å². The fourth-order valence-electron chi connectivity index (χ4n) is 2.77. The summed E-state index contributed by atoms with van der Waals surface area (Å²) in [6.45, 7) is 8.39. The molecule has 0 radical (unpaired) electrons. The molecular weight excluding hydrogens is 270 g/mol. The average molecular weight is 293 g/mol. The third-order valence-corrected chi connectivity index (χ3v) is 3.61. The van der Waals surface area contributed by atoms with Gasteiger partial charge in [0.15, 0.2) is 0 Å². The summed E-state index contributed by atoms with van der Waals surface area (Å²) in [5, 5.41) is 3.14. The lowest BCUT2D eigenvalue weighted by atomic mass is 10.2. The molecule has 1 aromatic rings. The SMILES string of the molecule is CCNc1nc(OC(C)C)nc(N2CC3CCC(C2)O3)n1. The molecule has 3 heterocycles. The van der Waals surface area contributed by atoms with Crippen LogP contribution in [0.5, 0.6) is 6.01 Å². The molecule has 7 nitrogen and oxygen atoms in total. The van der Waals surface area contributed by atoms with Crippen molar-refractivity contribution in [2.45, 2.75) is 51.9 Å². The van der Waals surface area contributed by atoms with Crippen LogP contribution in [0, 0.1) is 0 Å². The number of nitrogens with zero attached hydrogens (tertiary/aromatic N) is 4. The van der Waals surface area contributed by atoms with Crippen molar-refractivity contribution in [2.24, 2.45) is 0 Å². The Morgan fingerprint density at radius 2 is 1.95 bits per heavy atom. The number of ether oxygens (including phenoxy) is 2. The molecule has 2 aliphatic heterocycles. The number of morpholine rings is 1. The van der Waals surface area contributed by atoms with Gasteiger partial charge in [0.25, 0.3) is 0 Å². The first kappa shape index (κ1) is 14.3. The van der Waals surface area contributed by atoms with Gasteiger partial charge in [0, 0.05) is 19.6 Å². The molecule has 3 rings (SSSR count). The Bertz CT molecular complexity index is 484. The second-order valence-electron chi connectivity index (χ2n) is 5.80. The standard InChI is InChI=1S/C14H23N5O2/c1-4-15-12-16-13(18-14(17-12)20-9(2)3)19-7-10-5-6-11(8-19)21-10/h9-11H,4-8H2,1-3H3,(H,15,16,17,18). The predicted octanol–water partition coefficient (Wildman–Crippen LogP) is 1.46. The zero-order valence-electron chi connectivity index (χ0n) is 12.9. The van der Waals surface area contributed by atoms with Crippen LogP contribution >= 0.6 is 0 Å². The van der Waals surface area contributed by atoms with Crippen LogP contribution in [0.1, 0.15) is 33.6 Å². The highest BCUT2D eigenvalue weighted by Gasteiger charge is 2.35. The molecular formula is C14H23N5O2. The lowest BCUT2D eigenvalue weighted by Crippen LogP contribution is -2.43. The summed E-state index contributed by atoms with van der Waals surface area (Å²) in [5.41, 5.74) is 0. The lowest BCUT2D eigenvalue weighted by Gasteiger charge is -2.32. The van der Waals surface area contributed by atoms with Gasteiger partial charge in [-0.1, -0.05) is 0 Å². The Balaban J connectivity index is 1.83. The summed E-state index contributed by atoms with van der Waals surface area (Å²) in [4.78, 5) is 15.5. The van der Waals surface area contributed by atoms with E-state index in [2.05, 4.69) is 25.2 Å². The van der Waals surface area contributed by atoms with Crippen molar-refractivity contribution >= 4 is 11.9 Å². The van der Waals surface area contributed by atoms with Gasteiger partial charge in [-0.25, -0.2) is 0 Å². The normalized spacial score (nSPS) is 24.5. The van der Waals surface area contributed by atoms with Crippen molar-refractivity contribution in [3.63, 3.8) is 0 Å². The molecule has 1 aromatic heterocycles. The molecule has 2 atom stereocenters. The second-order valence-corrected chi connectivity index (χ2v) is 5.80. The molecule has 2 fully saturated rings. The van der Waals surface area contributed by atoms with E-state index in [1.165, 1.54) is 0 Å². The molecule has 2 aliphatic rings. The van der Waals surface area contributed by atoms with Crippen molar-refractivity contribution in [1.29, 1.82) is 0 Å². The van der Waals surface area contributed by atoms with E-state index < -0.39 is 0 Å². The highest BCUT2D eigenvalue weighted by atomic mass is 16.5. The highest BCUT2D eigenvalue weighted by Crippen LogP contribution is 2.29. The Morgan fingerprint density at radius 3 is 2.57 bits per heavy atom. The summed E-state index contributed by atoms with van der Waals surface area (Å²) in [6.07, 6.45) is 2.90. The number of nitrogens with one attached hydrogen (secondary N) is 1. The van der Waals surface area contributed by atoms with E-state index in [1.807, 2.05) is 20.8 Å². The minimum Gasteiger partial charge on any atom is -0.461 e. The molecule has 0 amide bonds. The fraction of sp³-hybridized carbons (Fsp3) is 0.786. The van der Waals surface area contributed by atoms with E-state index in [1.54, 1.807) is 0 Å². The van der Waals surface area contributed by atoms with Crippen molar-refractivity contribution in [3.05, 3.63) is 0 Å². The van der Waals surface area contributed by atoms with Crippen LogP contribution in [0.2, 0.25) is 0 Å². The quantitative estimate of drug-likeness (QED) is 0.881. The van der Waals surface area contributed by atoms with Gasteiger partial charge in [-0.05, 0) is 33.6 Å². The molecule has 2 unspecified atom stereocenters. The highest BCUT2D eigenvalue weighted by molar-refractivity contribution is 5.39. The van der Waals surface area contributed by atoms with Crippen LogP contribution in [0.15, 0.2) is 0 Å². The maximum absolute atomic E-state index is 5.86. The molecule has 0 aromatic carbocycles. The Kier molecular flexibility index (Phi) is 4.10. The van der Waals surface area contributed by atoms with E-state index in [0.29, 0.717) is 30.1 Å². The summed E-state index contributed by atoms with van der Waals surface area (Å²) in [5.74, 6) is 1.24. The first-order valence-electron chi connectivity index (χ1n) is 7.71. The minimum absolute atomic E-state index is 0.0376. The van der Waals surface area contributed by atoms with E-state index in [0.717, 1.165) is 32.5 Å². The smallest absolute Gasteiger partial charge is 0.323 e. The third kappa shape index (κ3) is 3.34. The first-order valence-corrected chi connectivity index (χ1v) is 7.71. The minimum atomic E-state index is 0.0376. The van der Waals surface area contributed by atoms with Crippen LogP contribution in [0.25, 0.3) is 0 Å². The van der Waals surface area contributed by atoms with Crippen LogP contribution in [0.4, 0.5) is 11.9 Å². The van der Waals surface area contributed by atoms with E-state index >= 15 is 0 Å². The van der Waals surface area contributed by atoms with Crippen molar-refractivity contribution < 1.29 is 9.47 Å². The topological polar surface area (TPSA) is 72.4 Å². The maximum Gasteiger partial charge on any atom is 0.323 e. The number of anilines is 2. The molecule has 0 spiro atoms.